The topological polar surface area (TPSA) is 63.6 Å². The Labute approximate surface area is 113 Å². The van der Waals surface area contributed by atoms with E-state index in [1.165, 1.54) is 0 Å². The molecule has 1 aliphatic carbocycles. The number of rotatable bonds is 1. The fourth-order valence-electron chi connectivity index (χ4n) is 2.63. The highest BCUT2D eigenvalue weighted by molar-refractivity contribution is 5.92. The molecule has 19 heavy (non-hydrogen) atoms. The number of carbonyl (C=O) groups is 2. The standard InChI is InChI=1S/C15H20O4/c1-9-3-5-11-12(8-16)15(18)19-14(11)7-10(2)13(17)6-4-9/h4,10,14,16H,3,5-8H2,1-2H3/b9-4+/t10-,14+/m0/s1. The van der Waals surface area contributed by atoms with Crippen LogP contribution in [0.15, 0.2) is 22.8 Å². The van der Waals surface area contributed by atoms with Crippen LogP contribution in [0.3, 0.4) is 0 Å². The van der Waals surface area contributed by atoms with Gasteiger partial charge in [-0.1, -0.05) is 18.6 Å². The van der Waals surface area contributed by atoms with Gasteiger partial charge in [0.2, 0.25) is 0 Å². The van der Waals surface area contributed by atoms with Crippen LogP contribution in [0.25, 0.3) is 0 Å². The van der Waals surface area contributed by atoms with Gasteiger partial charge in [0.25, 0.3) is 0 Å². The molecular weight excluding hydrogens is 244 g/mol. The monoisotopic (exact) mass is 264 g/mol. The molecule has 0 amide bonds. The fraction of sp³-hybridized carbons (Fsp3) is 0.600. The molecule has 2 aliphatic rings. The predicted molar refractivity (Wildman–Crippen MR) is 70.4 cm³/mol. The van der Waals surface area contributed by atoms with Crippen molar-refractivity contribution in [1.29, 1.82) is 0 Å². The molecule has 4 heteroatoms. The van der Waals surface area contributed by atoms with Crippen LogP contribution in [0.5, 0.6) is 0 Å². The third kappa shape index (κ3) is 2.95. The zero-order valence-corrected chi connectivity index (χ0v) is 11.4. The number of carbonyl (C=O) groups excluding carboxylic acids is 2. The van der Waals surface area contributed by atoms with Gasteiger partial charge in [0.1, 0.15) is 11.9 Å². The van der Waals surface area contributed by atoms with Crippen LogP contribution in [0.4, 0.5) is 0 Å². The van der Waals surface area contributed by atoms with Crippen molar-refractivity contribution >= 4 is 11.8 Å². The van der Waals surface area contributed by atoms with E-state index < -0.39 is 5.97 Å². The molecule has 0 saturated carbocycles. The van der Waals surface area contributed by atoms with Gasteiger partial charge in [-0.15, -0.1) is 0 Å². The highest BCUT2D eigenvalue weighted by Gasteiger charge is 2.35. The molecule has 2 atom stereocenters. The summed E-state index contributed by atoms with van der Waals surface area (Å²) in [4.78, 5) is 23.6. The number of hydrogen-bond donors (Lipinski definition) is 1. The summed E-state index contributed by atoms with van der Waals surface area (Å²) in [5.41, 5.74) is 2.41. The van der Waals surface area contributed by atoms with Crippen molar-refractivity contribution in [2.45, 2.75) is 45.6 Å². The molecule has 0 spiro atoms. The van der Waals surface area contributed by atoms with Gasteiger partial charge in [-0.25, -0.2) is 4.79 Å². The molecule has 2 rings (SSSR count). The van der Waals surface area contributed by atoms with Crippen molar-refractivity contribution in [3.63, 3.8) is 0 Å². The second-order valence-electron chi connectivity index (χ2n) is 5.41. The van der Waals surface area contributed by atoms with Gasteiger partial charge in [0, 0.05) is 12.3 Å². The largest absolute Gasteiger partial charge is 0.454 e. The number of Topliss-reactive ketones (excluding diaryl/α,β-unsaturated/α-hetero) is 1. The summed E-state index contributed by atoms with van der Waals surface area (Å²) in [6, 6.07) is 0. The molecule has 0 radical (unpaired) electrons. The van der Waals surface area contributed by atoms with Gasteiger partial charge >= 0.3 is 5.97 Å². The second kappa shape index (κ2) is 5.70. The highest BCUT2D eigenvalue weighted by atomic mass is 16.5. The Morgan fingerprint density at radius 1 is 1.37 bits per heavy atom. The van der Waals surface area contributed by atoms with E-state index in [1.807, 2.05) is 19.9 Å². The normalized spacial score (nSPS) is 31.6. The maximum atomic E-state index is 11.9. The van der Waals surface area contributed by atoms with E-state index in [9.17, 15) is 14.7 Å². The summed E-state index contributed by atoms with van der Waals surface area (Å²) >= 11 is 0. The Morgan fingerprint density at radius 2 is 2.11 bits per heavy atom. The Hall–Kier alpha value is -1.42. The van der Waals surface area contributed by atoms with Crippen molar-refractivity contribution in [2.75, 3.05) is 6.61 Å². The number of ether oxygens (including phenoxy) is 1. The van der Waals surface area contributed by atoms with Crippen LogP contribution in [0, 0.1) is 5.92 Å². The number of esters is 1. The summed E-state index contributed by atoms with van der Waals surface area (Å²) in [5, 5.41) is 9.31. The molecule has 0 unspecified atom stereocenters. The predicted octanol–water partition coefficient (Wildman–Crippen LogP) is 1.93. The van der Waals surface area contributed by atoms with Crippen molar-refractivity contribution in [3.8, 4) is 0 Å². The number of allylic oxidation sites excluding steroid dienone is 2. The molecule has 104 valence electrons. The van der Waals surface area contributed by atoms with Crippen molar-refractivity contribution in [1.82, 2.24) is 0 Å². The highest BCUT2D eigenvalue weighted by Crippen LogP contribution is 2.32. The van der Waals surface area contributed by atoms with Gasteiger partial charge < -0.3 is 9.84 Å². The average Bonchev–Trinajstić information content (AvgIpc) is 2.67. The first-order valence-corrected chi connectivity index (χ1v) is 6.75. The van der Waals surface area contributed by atoms with E-state index in [2.05, 4.69) is 0 Å². The molecular formula is C15H20O4. The number of fused-ring (bicyclic) bond motifs is 1. The van der Waals surface area contributed by atoms with E-state index in [0.29, 0.717) is 18.4 Å². The van der Waals surface area contributed by atoms with Crippen LogP contribution in [0.2, 0.25) is 0 Å². The molecule has 0 fully saturated rings. The van der Waals surface area contributed by atoms with E-state index in [4.69, 9.17) is 4.74 Å². The summed E-state index contributed by atoms with van der Waals surface area (Å²) in [5.74, 6) is -0.384. The minimum Gasteiger partial charge on any atom is -0.454 e. The maximum absolute atomic E-state index is 11.9. The summed E-state index contributed by atoms with van der Waals surface area (Å²) in [7, 11) is 0. The third-order valence-corrected chi connectivity index (χ3v) is 3.99. The quantitative estimate of drug-likeness (QED) is 0.580. The lowest BCUT2D eigenvalue weighted by atomic mass is 9.88. The molecule has 0 aromatic carbocycles. The van der Waals surface area contributed by atoms with Gasteiger partial charge in [-0.2, -0.15) is 0 Å². The number of ketones is 1. The SMILES string of the molecule is C/C1=C\CC(=O)[C@@H](C)C[C@H]2OC(=O)C(CO)=C2CC1. The van der Waals surface area contributed by atoms with Gasteiger partial charge in [0.05, 0.1) is 12.2 Å². The van der Waals surface area contributed by atoms with E-state index in [-0.39, 0.29) is 24.4 Å². The lowest BCUT2D eigenvalue weighted by Crippen LogP contribution is -2.21. The van der Waals surface area contributed by atoms with E-state index >= 15 is 0 Å². The lowest BCUT2D eigenvalue weighted by Gasteiger charge is -2.19. The summed E-state index contributed by atoms with van der Waals surface area (Å²) in [6.45, 7) is 3.58. The van der Waals surface area contributed by atoms with Crippen LogP contribution < -0.4 is 0 Å². The maximum Gasteiger partial charge on any atom is 0.337 e. The van der Waals surface area contributed by atoms with Crippen LogP contribution in [-0.2, 0) is 14.3 Å². The molecule has 1 heterocycles. The fourth-order valence-corrected chi connectivity index (χ4v) is 2.63. The molecule has 0 aromatic heterocycles. The van der Waals surface area contributed by atoms with Gasteiger partial charge in [0.15, 0.2) is 0 Å². The number of hydrogen-bond acceptors (Lipinski definition) is 4. The minimum absolute atomic E-state index is 0.131. The number of aliphatic hydroxyl groups excluding tert-OH is 1. The zero-order chi connectivity index (χ0) is 14.0. The Morgan fingerprint density at radius 3 is 2.79 bits per heavy atom. The Bertz CT molecular complexity index is 459. The van der Waals surface area contributed by atoms with Crippen LogP contribution in [0.1, 0.15) is 39.5 Å². The summed E-state index contributed by atoms with van der Waals surface area (Å²) in [6.07, 6.45) is 4.13. The van der Waals surface area contributed by atoms with E-state index in [1.54, 1.807) is 0 Å². The molecule has 1 N–H and O–H groups in total. The second-order valence-corrected chi connectivity index (χ2v) is 5.41. The smallest absolute Gasteiger partial charge is 0.337 e. The Balaban J connectivity index is 2.31. The first-order valence-electron chi connectivity index (χ1n) is 6.75. The summed E-state index contributed by atoms with van der Waals surface area (Å²) < 4.78 is 5.31. The first-order chi connectivity index (χ1) is 9.02. The molecule has 4 nitrogen and oxygen atoms in total. The van der Waals surface area contributed by atoms with E-state index in [0.717, 1.165) is 24.0 Å². The van der Waals surface area contributed by atoms with Crippen molar-refractivity contribution < 1.29 is 19.4 Å². The van der Waals surface area contributed by atoms with Crippen molar-refractivity contribution in [3.05, 3.63) is 22.8 Å². The third-order valence-electron chi connectivity index (χ3n) is 3.99. The molecule has 1 aliphatic heterocycles. The zero-order valence-electron chi connectivity index (χ0n) is 11.4. The lowest BCUT2D eigenvalue weighted by molar-refractivity contribution is -0.141. The molecule has 0 aromatic rings. The van der Waals surface area contributed by atoms with Crippen molar-refractivity contribution in [2.24, 2.45) is 5.92 Å². The van der Waals surface area contributed by atoms with Crippen LogP contribution in [-0.4, -0.2) is 29.6 Å². The van der Waals surface area contributed by atoms with Crippen LogP contribution >= 0.6 is 0 Å². The van der Waals surface area contributed by atoms with Gasteiger partial charge in [-0.3, -0.25) is 4.79 Å². The Kier molecular flexibility index (Phi) is 4.20. The molecule has 0 bridgehead atoms. The minimum atomic E-state index is -0.428. The molecule has 0 saturated heterocycles. The average molecular weight is 264 g/mol. The van der Waals surface area contributed by atoms with Gasteiger partial charge in [-0.05, 0) is 31.8 Å². The number of aliphatic hydroxyl groups is 1. The first kappa shape index (κ1) is 14.0.